The van der Waals surface area contributed by atoms with E-state index >= 15 is 0 Å². The first-order valence-electron chi connectivity index (χ1n) is 5.19. The number of aryl methyl sites for hydroxylation is 1. The van der Waals surface area contributed by atoms with Crippen molar-refractivity contribution in [3.8, 4) is 5.75 Å². The van der Waals surface area contributed by atoms with Crippen molar-refractivity contribution >= 4 is 0 Å². The number of nitrogens with zero attached hydrogens (tertiary/aromatic N) is 3. The summed E-state index contributed by atoms with van der Waals surface area (Å²) in [5, 5.41) is 4.17. The van der Waals surface area contributed by atoms with E-state index in [0.717, 1.165) is 22.6 Å². The van der Waals surface area contributed by atoms with Crippen molar-refractivity contribution in [3.05, 3.63) is 41.5 Å². The van der Waals surface area contributed by atoms with Crippen molar-refractivity contribution in [2.24, 2.45) is 0 Å². The van der Waals surface area contributed by atoms with Gasteiger partial charge in [-0.2, -0.15) is 5.10 Å². The Morgan fingerprint density at radius 3 is 2.81 bits per heavy atom. The molecule has 0 amide bonds. The summed E-state index contributed by atoms with van der Waals surface area (Å²) in [6, 6.07) is 1.90. The quantitative estimate of drug-likeness (QED) is 0.789. The largest absolute Gasteiger partial charge is 0.496 e. The van der Waals surface area contributed by atoms with Gasteiger partial charge in [0.15, 0.2) is 0 Å². The molecule has 0 aliphatic carbocycles. The molecule has 0 bridgehead atoms. The van der Waals surface area contributed by atoms with Gasteiger partial charge in [0.2, 0.25) is 0 Å². The zero-order valence-corrected chi connectivity index (χ0v) is 9.77. The molecule has 4 nitrogen and oxygen atoms in total. The van der Waals surface area contributed by atoms with Gasteiger partial charge in [0.05, 0.1) is 19.3 Å². The van der Waals surface area contributed by atoms with Gasteiger partial charge in [-0.25, -0.2) is 0 Å². The molecule has 4 heteroatoms. The van der Waals surface area contributed by atoms with Crippen molar-refractivity contribution in [1.82, 2.24) is 14.8 Å². The normalized spacial score (nSPS) is 10.4. The van der Waals surface area contributed by atoms with Gasteiger partial charge in [-0.3, -0.25) is 9.67 Å². The van der Waals surface area contributed by atoms with Crippen molar-refractivity contribution < 1.29 is 4.74 Å². The Kier molecular flexibility index (Phi) is 2.90. The third-order valence-electron chi connectivity index (χ3n) is 2.62. The number of hydrogen-bond donors (Lipinski definition) is 0. The Labute approximate surface area is 94.9 Å². The number of hydrogen-bond acceptors (Lipinski definition) is 3. The third-order valence-corrected chi connectivity index (χ3v) is 2.62. The van der Waals surface area contributed by atoms with E-state index in [-0.39, 0.29) is 0 Å². The number of aromatic nitrogens is 3. The minimum absolute atomic E-state index is 0.676. The highest BCUT2D eigenvalue weighted by Gasteiger charge is 2.09. The summed E-state index contributed by atoms with van der Waals surface area (Å²) < 4.78 is 7.22. The van der Waals surface area contributed by atoms with Crippen LogP contribution in [0.15, 0.2) is 24.7 Å². The molecule has 0 aliphatic rings. The van der Waals surface area contributed by atoms with Crippen molar-refractivity contribution in [3.63, 3.8) is 0 Å². The maximum atomic E-state index is 5.37. The summed E-state index contributed by atoms with van der Waals surface area (Å²) in [6.45, 7) is 4.70. The highest BCUT2D eigenvalue weighted by atomic mass is 16.5. The number of ether oxygens (including phenoxy) is 1. The molecule has 0 saturated carbocycles. The van der Waals surface area contributed by atoms with E-state index in [1.165, 1.54) is 0 Å². The Morgan fingerprint density at radius 1 is 1.38 bits per heavy atom. The van der Waals surface area contributed by atoms with Crippen LogP contribution in [0.25, 0.3) is 0 Å². The predicted molar refractivity (Wildman–Crippen MR) is 61.6 cm³/mol. The molecule has 0 saturated heterocycles. The first kappa shape index (κ1) is 10.7. The number of pyridine rings is 1. The SMILES string of the molecule is COc1c(C)cnc(Cn2cccn2)c1C. The third kappa shape index (κ3) is 1.91. The van der Waals surface area contributed by atoms with Crippen LogP contribution in [0.3, 0.4) is 0 Å². The van der Waals surface area contributed by atoms with Crippen LogP contribution in [0.2, 0.25) is 0 Å². The molecule has 2 rings (SSSR count). The second-order valence-electron chi connectivity index (χ2n) is 3.75. The molecule has 2 aromatic heterocycles. The molecule has 0 aromatic carbocycles. The second-order valence-corrected chi connectivity index (χ2v) is 3.75. The fourth-order valence-electron chi connectivity index (χ4n) is 1.78. The second kappa shape index (κ2) is 4.35. The fraction of sp³-hybridized carbons (Fsp3) is 0.333. The van der Waals surface area contributed by atoms with E-state index in [2.05, 4.69) is 10.1 Å². The van der Waals surface area contributed by atoms with Gasteiger partial charge in [-0.15, -0.1) is 0 Å². The van der Waals surface area contributed by atoms with Gasteiger partial charge in [-0.1, -0.05) is 0 Å². The number of rotatable bonds is 3. The van der Waals surface area contributed by atoms with Crippen LogP contribution in [-0.2, 0) is 6.54 Å². The van der Waals surface area contributed by atoms with Crippen molar-refractivity contribution in [1.29, 1.82) is 0 Å². The first-order chi connectivity index (χ1) is 7.72. The van der Waals surface area contributed by atoms with Crippen LogP contribution in [0.5, 0.6) is 5.75 Å². The van der Waals surface area contributed by atoms with Gasteiger partial charge in [0, 0.05) is 29.7 Å². The molecule has 0 radical (unpaired) electrons. The summed E-state index contributed by atoms with van der Waals surface area (Å²) >= 11 is 0. The predicted octanol–water partition coefficient (Wildman–Crippen LogP) is 1.95. The van der Waals surface area contributed by atoms with E-state index in [0.29, 0.717) is 6.54 Å². The lowest BCUT2D eigenvalue weighted by molar-refractivity contribution is 0.406. The van der Waals surface area contributed by atoms with Crippen LogP contribution in [0.4, 0.5) is 0 Å². The van der Waals surface area contributed by atoms with Crippen molar-refractivity contribution in [2.75, 3.05) is 7.11 Å². The molecule has 0 N–H and O–H groups in total. The van der Waals surface area contributed by atoms with Crippen LogP contribution in [-0.4, -0.2) is 21.9 Å². The van der Waals surface area contributed by atoms with Crippen LogP contribution >= 0.6 is 0 Å². The Bertz CT molecular complexity index is 477. The van der Waals surface area contributed by atoms with Gasteiger partial charge in [0.25, 0.3) is 0 Å². The summed E-state index contributed by atoms with van der Waals surface area (Å²) in [6.07, 6.45) is 5.53. The van der Waals surface area contributed by atoms with Crippen LogP contribution in [0, 0.1) is 13.8 Å². The minimum atomic E-state index is 0.676. The molecule has 16 heavy (non-hydrogen) atoms. The maximum Gasteiger partial charge on any atom is 0.128 e. The summed E-state index contributed by atoms with van der Waals surface area (Å²) in [4.78, 5) is 4.42. The smallest absolute Gasteiger partial charge is 0.128 e. The standard InChI is InChI=1S/C12H15N3O/c1-9-7-13-11(10(2)12(9)16-3)8-15-6-4-5-14-15/h4-7H,8H2,1-3H3. The van der Waals surface area contributed by atoms with Gasteiger partial charge in [-0.05, 0) is 19.9 Å². The van der Waals surface area contributed by atoms with E-state index in [1.807, 2.05) is 37.0 Å². The molecule has 2 heterocycles. The fourth-order valence-corrected chi connectivity index (χ4v) is 1.78. The maximum absolute atomic E-state index is 5.37. The molecule has 0 aliphatic heterocycles. The van der Waals surface area contributed by atoms with Crippen LogP contribution in [0.1, 0.15) is 16.8 Å². The Morgan fingerprint density at radius 2 is 2.19 bits per heavy atom. The molecule has 0 fully saturated rings. The molecule has 2 aromatic rings. The molecule has 0 atom stereocenters. The lowest BCUT2D eigenvalue weighted by Crippen LogP contribution is -2.06. The van der Waals surface area contributed by atoms with E-state index in [9.17, 15) is 0 Å². The van der Waals surface area contributed by atoms with E-state index in [1.54, 1.807) is 13.3 Å². The van der Waals surface area contributed by atoms with Gasteiger partial charge < -0.3 is 4.74 Å². The van der Waals surface area contributed by atoms with E-state index in [4.69, 9.17) is 4.74 Å². The van der Waals surface area contributed by atoms with Crippen LogP contribution < -0.4 is 4.74 Å². The first-order valence-corrected chi connectivity index (χ1v) is 5.19. The molecule has 84 valence electrons. The molecule has 0 unspecified atom stereocenters. The lowest BCUT2D eigenvalue weighted by Gasteiger charge is -2.12. The summed E-state index contributed by atoms with van der Waals surface area (Å²) in [7, 11) is 1.69. The average Bonchev–Trinajstić information content (AvgIpc) is 2.76. The summed E-state index contributed by atoms with van der Waals surface area (Å²) in [5.74, 6) is 0.914. The topological polar surface area (TPSA) is 39.9 Å². The molecule has 0 spiro atoms. The minimum Gasteiger partial charge on any atom is -0.496 e. The zero-order valence-electron chi connectivity index (χ0n) is 9.77. The zero-order chi connectivity index (χ0) is 11.5. The highest BCUT2D eigenvalue weighted by molar-refractivity contribution is 5.41. The molecular weight excluding hydrogens is 202 g/mol. The highest BCUT2D eigenvalue weighted by Crippen LogP contribution is 2.24. The van der Waals surface area contributed by atoms with Crippen molar-refractivity contribution in [2.45, 2.75) is 20.4 Å². The lowest BCUT2D eigenvalue weighted by atomic mass is 10.1. The summed E-state index contributed by atoms with van der Waals surface area (Å²) in [5.41, 5.74) is 3.13. The average molecular weight is 217 g/mol. The Balaban J connectivity index is 2.35. The van der Waals surface area contributed by atoms with Gasteiger partial charge >= 0.3 is 0 Å². The monoisotopic (exact) mass is 217 g/mol. The number of methoxy groups -OCH3 is 1. The molecular formula is C12H15N3O. The Hall–Kier alpha value is -1.84. The van der Waals surface area contributed by atoms with Gasteiger partial charge in [0.1, 0.15) is 5.75 Å². The van der Waals surface area contributed by atoms with E-state index < -0.39 is 0 Å².